The highest BCUT2D eigenvalue weighted by Gasteiger charge is 2.44. The van der Waals surface area contributed by atoms with Crippen molar-refractivity contribution in [3.05, 3.63) is 23.8 Å². The van der Waals surface area contributed by atoms with Crippen molar-refractivity contribution in [2.45, 2.75) is 44.8 Å². The van der Waals surface area contributed by atoms with Crippen molar-refractivity contribution in [2.24, 2.45) is 0 Å². The number of hydrogen-bond donors (Lipinski definition) is 1. The van der Waals surface area contributed by atoms with Crippen LogP contribution in [0, 0.1) is 0 Å². The van der Waals surface area contributed by atoms with E-state index in [-0.39, 0.29) is 11.7 Å². The van der Waals surface area contributed by atoms with Gasteiger partial charge in [0.05, 0.1) is 18.3 Å². The summed E-state index contributed by atoms with van der Waals surface area (Å²) in [6.07, 6.45) is 2.99. The van der Waals surface area contributed by atoms with Gasteiger partial charge in [0.25, 0.3) is 0 Å². The van der Waals surface area contributed by atoms with Gasteiger partial charge < -0.3 is 19.5 Å². The highest BCUT2D eigenvalue weighted by atomic mass is 16.5. The average molecular weight is 291 g/mol. The lowest BCUT2D eigenvalue weighted by atomic mass is 9.87. The second-order valence-electron chi connectivity index (χ2n) is 5.88. The SMILES string of the molecule is CCCOc1cccc2c1C(OCC)CC1(CCNC1)O2. The van der Waals surface area contributed by atoms with Crippen LogP contribution in [0.15, 0.2) is 18.2 Å². The molecule has 2 aliphatic heterocycles. The third-order valence-corrected chi connectivity index (χ3v) is 4.27. The largest absolute Gasteiger partial charge is 0.493 e. The van der Waals surface area contributed by atoms with E-state index in [1.807, 2.05) is 25.1 Å². The molecule has 1 N–H and O–H groups in total. The Morgan fingerprint density at radius 3 is 3.00 bits per heavy atom. The van der Waals surface area contributed by atoms with Crippen molar-refractivity contribution in [3.63, 3.8) is 0 Å². The van der Waals surface area contributed by atoms with Gasteiger partial charge in [-0.2, -0.15) is 0 Å². The quantitative estimate of drug-likeness (QED) is 0.905. The summed E-state index contributed by atoms with van der Waals surface area (Å²) in [5, 5.41) is 3.41. The molecule has 2 atom stereocenters. The predicted octanol–water partition coefficient (Wildman–Crippen LogP) is 3.07. The van der Waals surface area contributed by atoms with Gasteiger partial charge in [-0.3, -0.25) is 0 Å². The van der Waals surface area contributed by atoms with E-state index < -0.39 is 0 Å². The Morgan fingerprint density at radius 1 is 1.38 bits per heavy atom. The van der Waals surface area contributed by atoms with Crippen molar-refractivity contribution >= 4 is 0 Å². The third-order valence-electron chi connectivity index (χ3n) is 4.27. The Morgan fingerprint density at radius 2 is 2.29 bits per heavy atom. The summed E-state index contributed by atoms with van der Waals surface area (Å²) in [5.41, 5.74) is 0.973. The zero-order valence-corrected chi connectivity index (χ0v) is 13.0. The van der Waals surface area contributed by atoms with Crippen LogP contribution in [-0.4, -0.2) is 31.9 Å². The molecule has 4 nitrogen and oxygen atoms in total. The molecule has 2 unspecified atom stereocenters. The summed E-state index contributed by atoms with van der Waals surface area (Å²) >= 11 is 0. The molecule has 1 saturated heterocycles. The van der Waals surface area contributed by atoms with E-state index in [1.54, 1.807) is 0 Å². The molecule has 3 rings (SSSR count). The summed E-state index contributed by atoms with van der Waals surface area (Å²) in [6.45, 7) is 7.50. The highest BCUT2D eigenvalue weighted by Crippen LogP contribution is 2.47. The summed E-state index contributed by atoms with van der Waals surface area (Å²) in [4.78, 5) is 0. The minimum atomic E-state index is -0.115. The molecule has 0 bridgehead atoms. The first-order valence-corrected chi connectivity index (χ1v) is 8.05. The number of ether oxygens (including phenoxy) is 3. The molecule has 1 aromatic rings. The topological polar surface area (TPSA) is 39.7 Å². The van der Waals surface area contributed by atoms with E-state index in [1.165, 1.54) is 0 Å². The Balaban J connectivity index is 1.94. The van der Waals surface area contributed by atoms with Gasteiger partial charge in [0.15, 0.2) is 0 Å². The number of rotatable bonds is 5. The molecule has 1 fully saturated rings. The van der Waals surface area contributed by atoms with E-state index >= 15 is 0 Å². The number of hydrogen-bond acceptors (Lipinski definition) is 4. The second-order valence-corrected chi connectivity index (χ2v) is 5.88. The summed E-state index contributed by atoms with van der Waals surface area (Å²) < 4.78 is 18.3. The molecule has 0 aliphatic carbocycles. The van der Waals surface area contributed by atoms with Gasteiger partial charge in [-0.25, -0.2) is 0 Å². The van der Waals surface area contributed by atoms with Gasteiger partial charge >= 0.3 is 0 Å². The van der Waals surface area contributed by atoms with Crippen LogP contribution in [0.1, 0.15) is 44.8 Å². The molecular weight excluding hydrogens is 266 g/mol. The fourth-order valence-electron chi connectivity index (χ4n) is 3.31. The Labute approximate surface area is 126 Å². The second kappa shape index (κ2) is 6.24. The van der Waals surface area contributed by atoms with Crippen LogP contribution >= 0.6 is 0 Å². The lowest BCUT2D eigenvalue weighted by Crippen LogP contribution is -2.43. The summed E-state index contributed by atoms with van der Waals surface area (Å²) in [5.74, 6) is 1.84. The molecule has 4 heteroatoms. The maximum Gasteiger partial charge on any atom is 0.129 e. The summed E-state index contributed by atoms with van der Waals surface area (Å²) in [7, 11) is 0. The maximum atomic E-state index is 6.36. The molecule has 0 saturated carbocycles. The fourth-order valence-corrected chi connectivity index (χ4v) is 3.31. The van der Waals surface area contributed by atoms with Gasteiger partial charge in [0.2, 0.25) is 0 Å². The van der Waals surface area contributed by atoms with E-state index in [0.717, 1.165) is 56.0 Å². The first-order chi connectivity index (χ1) is 10.3. The first-order valence-electron chi connectivity index (χ1n) is 8.05. The van der Waals surface area contributed by atoms with Crippen LogP contribution in [0.5, 0.6) is 11.5 Å². The zero-order valence-electron chi connectivity index (χ0n) is 13.0. The van der Waals surface area contributed by atoms with E-state index in [4.69, 9.17) is 14.2 Å². The van der Waals surface area contributed by atoms with E-state index in [0.29, 0.717) is 6.61 Å². The van der Waals surface area contributed by atoms with Gasteiger partial charge in [0, 0.05) is 26.0 Å². The standard InChI is InChI=1S/C17H25NO3/c1-3-10-20-13-6-5-7-14-16(13)15(19-4-2)11-17(21-14)8-9-18-12-17/h5-7,15,18H,3-4,8-12H2,1-2H3. The molecule has 1 spiro atoms. The Kier molecular flexibility index (Phi) is 4.36. The minimum absolute atomic E-state index is 0.0618. The van der Waals surface area contributed by atoms with Gasteiger partial charge in [-0.1, -0.05) is 13.0 Å². The Hall–Kier alpha value is -1.26. The molecule has 0 radical (unpaired) electrons. The maximum absolute atomic E-state index is 6.36. The van der Waals surface area contributed by atoms with Crippen molar-refractivity contribution in [1.29, 1.82) is 0 Å². The minimum Gasteiger partial charge on any atom is -0.493 e. The van der Waals surface area contributed by atoms with E-state index in [2.05, 4.69) is 12.2 Å². The zero-order chi connectivity index (χ0) is 14.7. The number of fused-ring (bicyclic) bond motifs is 1. The monoisotopic (exact) mass is 291 g/mol. The number of nitrogens with one attached hydrogen (secondary N) is 1. The van der Waals surface area contributed by atoms with Crippen LogP contribution in [0.25, 0.3) is 0 Å². The van der Waals surface area contributed by atoms with Crippen LogP contribution in [0.3, 0.4) is 0 Å². The van der Waals surface area contributed by atoms with Crippen molar-refractivity contribution < 1.29 is 14.2 Å². The normalized spacial score (nSPS) is 27.4. The van der Waals surface area contributed by atoms with Gasteiger partial charge in [0.1, 0.15) is 17.1 Å². The van der Waals surface area contributed by atoms with Crippen molar-refractivity contribution in [1.82, 2.24) is 5.32 Å². The van der Waals surface area contributed by atoms with Gasteiger partial charge in [-0.05, 0) is 32.0 Å². The molecular formula is C17H25NO3. The summed E-state index contributed by atoms with van der Waals surface area (Å²) in [6, 6.07) is 6.07. The van der Waals surface area contributed by atoms with Crippen LogP contribution in [0.2, 0.25) is 0 Å². The molecule has 1 aromatic carbocycles. The fraction of sp³-hybridized carbons (Fsp3) is 0.647. The Bertz CT molecular complexity index is 483. The molecule has 2 heterocycles. The molecule has 116 valence electrons. The van der Waals surface area contributed by atoms with Crippen molar-refractivity contribution in [3.8, 4) is 11.5 Å². The number of benzene rings is 1. The highest BCUT2D eigenvalue weighted by molar-refractivity contribution is 5.48. The van der Waals surface area contributed by atoms with Crippen LogP contribution in [-0.2, 0) is 4.74 Å². The van der Waals surface area contributed by atoms with Crippen molar-refractivity contribution in [2.75, 3.05) is 26.3 Å². The average Bonchev–Trinajstić information content (AvgIpc) is 2.92. The molecule has 0 aromatic heterocycles. The lowest BCUT2D eigenvalue weighted by Gasteiger charge is -2.39. The predicted molar refractivity (Wildman–Crippen MR) is 82.1 cm³/mol. The van der Waals surface area contributed by atoms with E-state index in [9.17, 15) is 0 Å². The van der Waals surface area contributed by atoms with Gasteiger partial charge in [-0.15, -0.1) is 0 Å². The molecule has 2 aliphatic rings. The first kappa shape index (κ1) is 14.7. The molecule has 0 amide bonds. The smallest absolute Gasteiger partial charge is 0.129 e. The van der Waals surface area contributed by atoms with Crippen LogP contribution in [0.4, 0.5) is 0 Å². The van der Waals surface area contributed by atoms with Crippen LogP contribution < -0.4 is 14.8 Å². The lowest BCUT2D eigenvalue weighted by molar-refractivity contribution is -0.0368. The third kappa shape index (κ3) is 2.87. The molecule has 21 heavy (non-hydrogen) atoms.